The first kappa shape index (κ1) is 22.3. The Labute approximate surface area is 189 Å². The van der Waals surface area contributed by atoms with Gasteiger partial charge in [-0.05, 0) is 62.6 Å². The molecule has 7 nitrogen and oxygen atoms in total. The summed E-state index contributed by atoms with van der Waals surface area (Å²) in [7, 11) is 0. The number of rotatable bonds is 7. The summed E-state index contributed by atoms with van der Waals surface area (Å²) >= 11 is 0. The largest absolute Gasteiger partial charge is 0.490 e. The van der Waals surface area contributed by atoms with E-state index in [0.29, 0.717) is 50.2 Å². The van der Waals surface area contributed by atoms with Crippen LogP contribution in [0.15, 0.2) is 30.3 Å². The van der Waals surface area contributed by atoms with Crippen LogP contribution in [0.4, 0.5) is 5.69 Å². The summed E-state index contributed by atoms with van der Waals surface area (Å²) in [5.74, 6) is 2.90. The molecule has 2 aliphatic heterocycles. The van der Waals surface area contributed by atoms with E-state index in [1.165, 1.54) is 11.1 Å². The van der Waals surface area contributed by atoms with Gasteiger partial charge in [-0.25, -0.2) is 0 Å². The Morgan fingerprint density at radius 2 is 1.78 bits per heavy atom. The molecule has 2 aromatic carbocycles. The van der Waals surface area contributed by atoms with Crippen LogP contribution in [-0.2, 0) is 11.2 Å². The topological polar surface area (TPSA) is 69.3 Å². The van der Waals surface area contributed by atoms with Gasteiger partial charge in [0.25, 0.3) is 0 Å². The highest BCUT2D eigenvalue weighted by atomic mass is 16.5. The standard InChI is InChI=1S/C25H32N2O5/c1-4-29-21-8-7-19(14-23(21)30-5-2)26-25(28)16-27-10-9-18-13-22-24(15-20(18)17(27)3)32-12-6-11-31-22/h7-8,13-15,17H,4-6,9-12,16H2,1-3H3,(H,26,28)/t17-/m0/s1. The maximum atomic E-state index is 12.8. The first-order chi connectivity index (χ1) is 15.6. The summed E-state index contributed by atoms with van der Waals surface area (Å²) in [5.41, 5.74) is 3.17. The first-order valence-electron chi connectivity index (χ1n) is 11.4. The molecule has 2 aliphatic rings. The van der Waals surface area contributed by atoms with Crippen LogP contribution < -0.4 is 24.3 Å². The maximum absolute atomic E-state index is 12.8. The van der Waals surface area contributed by atoms with Crippen molar-refractivity contribution in [2.75, 3.05) is 44.8 Å². The van der Waals surface area contributed by atoms with Crippen LogP contribution in [0, 0.1) is 0 Å². The normalized spacial score (nSPS) is 17.8. The van der Waals surface area contributed by atoms with Crippen LogP contribution >= 0.6 is 0 Å². The molecule has 4 rings (SSSR count). The van der Waals surface area contributed by atoms with Crippen molar-refractivity contribution in [3.05, 3.63) is 41.5 Å². The SMILES string of the molecule is CCOc1ccc(NC(=O)CN2CCc3cc4c(cc3[C@@H]2C)OCCCO4)cc1OCC. The molecule has 2 aromatic rings. The predicted molar refractivity (Wildman–Crippen MR) is 123 cm³/mol. The number of benzene rings is 2. The molecule has 0 unspecified atom stereocenters. The molecule has 1 amide bonds. The predicted octanol–water partition coefficient (Wildman–Crippen LogP) is 4.20. The van der Waals surface area contributed by atoms with Crippen molar-refractivity contribution in [3.63, 3.8) is 0 Å². The zero-order chi connectivity index (χ0) is 22.5. The summed E-state index contributed by atoms with van der Waals surface area (Å²) in [6.07, 6.45) is 1.76. The third-order valence-electron chi connectivity index (χ3n) is 5.85. The Hall–Kier alpha value is -2.93. The number of nitrogens with one attached hydrogen (secondary N) is 1. The van der Waals surface area contributed by atoms with Gasteiger partial charge in [-0.15, -0.1) is 0 Å². The molecule has 7 heteroatoms. The molecule has 0 saturated heterocycles. The number of carbonyl (C=O) groups is 1. The van der Waals surface area contributed by atoms with E-state index < -0.39 is 0 Å². The number of ether oxygens (including phenoxy) is 4. The number of nitrogens with zero attached hydrogens (tertiary/aromatic N) is 1. The molecule has 0 aliphatic carbocycles. The van der Waals surface area contributed by atoms with E-state index in [1.807, 2.05) is 32.0 Å². The van der Waals surface area contributed by atoms with Crippen LogP contribution in [0.1, 0.15) is 44.4 Å². The Balaban J connectivity index is 1.43. The third-order valence-corrected chi connectivity index (χ3v) is 5.85. The zero-order valence-electron chi connectivity index (χ0n) is 19.1. The van der Waals surface area contributed by atoms with Crippen molar-refractivity contribution in [1.29, 1.82) is 0 Å². The van der Waals surface area contributed by atoms with Crippen molar-refractivity contribution in [2.24, 2.45) is 0 Å². The van der Waals surface area contributed by atoms with Crippen LogP contribution in [0.3, 0.4) is 0 Å². The summed E-state index contributed by atoms with van der Waals surface area (Å²) < 4.78 is 23.0. The van der Waals surface area contributed by atoms with Gasteiger partial charge in [-0.1, -0.05) is 0 Å². The van der Waals surface area contributed by atoms with E-state index >= 15 is 0 Å². The van der Waals surface area contributed by atoms with Gasteiger partial charge in [0.2, 0.25) is 5.91 Å². The average molecular weight is 441 g/mol. The van der Waals surface area contributed by atoms with Crippen LogP contribution in [0.25, 0.3) is 0 Å². The fourth-order valence-electron chi connectivity index (χ4n) is 4.26. The van der Waals surface area contributed by atoms with E-state index in [-0.39, 0.29) is 11.9 Å². The number of hydrogen-bond donors (Lipinski definition) is 1. The summed E-state index contributed by atoms with van der Waals surface area (Å²) in [6, 6.07) is 9.80. The second-order valence-corrected chi connectivity index (χ2v) is 8.02. The lowest BCUT2D eigenvalue weighted by Gasteiger charge is -2.35. The molecular formula is C25H32N2O5. The highest BCUT2D eigenvalue weighted by Gasteiger charge is 2.28. The molecule has 0 spiro atoms. The maximum Gasteiger partial charge on any atom is 0.238 e. The van der Waals surface area contributed by atoms with Crippen LogP contribution in [0.5, 0.6) is 23.0 Å². The van der Waals surface area contributed by atoms with E-state index in [9.17, 15) is 4.79 Å². The first-order valence-corrected chi connectivity index (χ1v) is 11.4. The molecule has 172 valence electrons. The molecule has 32 heavy (non-hydrogen) atoms. The minimum Gasteiger partial charge on any atom is -0.490 e. The van der Waals surface area contributed by atoms with Crippen molar-refractivity contribution in [1.82, 2.24) is 4.90 Å². The molecule has 0 saturated carbocycles. The van der Waals surface area contributed by atoms with E-state index in [4.69, 9.17) is 18.9 Å². The number of carbonyl (C=O) groups excluding carboxylic acids is 1. The van der Waals surface area contributed by atoms with Gasteiger partial charge in [-0.3, -0.25) is 9.69 Å². The lowest BCUT2D eigenvalue weighted by atomic mass is 9.93. The van der Waals surface area contributed by atoms with Crippen LogP contribution in [-0.4, -0.2) is 50.3 Å². The summed E-state index contributed by atoms with van der Waals surface area (Å²) in [5, 5.41) is 3.00. The molecule has 0 aromatic heterocycles. The number of fused-ring (bicyclic) bond motifs is 2. The number of anilines is 1. The number of hydrogen-bond acceptors (Lipinski definition) is 6. The molecule has 1 atom stereocenters. The fraction of sp³-hybridized carbons (Fsp3) is 0.480. The van der Waals surface area contributed by atoms with Gasteiger partial charge in [0.05, 0.1) is 33.0 Å². The van der Waals surface area contributed by atoms with Crippen molar-refractivity contribution in [2.45, 2.75) is 39.7 Å². The molecular weight excluding hydrogens is 408 g/mol. The van der Waals surface area contributed by atoms with Gasteiger partial charge in [0, 0.05) is 30.8 Å². The monoisotopic (exact) mass is 440 g/mol. The molecule has 0 radical (unpaired) electrons. The smallest absolute Gasteiger partial charge is 0.238 e. The van der Waals surface area contributed by atoms with Gasteiger partial charge >= 0.3 is 0 Å². The number of amides is 1. The van der Waals surface area contributed by atoms with Gasteiger partial charge < -0.3 is 24.3 Å². The van der Waals surface area contributed by atoms with E-state index in [2.05, 4.69) is 29.3 Å². The highest BCUT2D eigenvalue weighted by Crippen LogP contribution is 2.39. The van der Waals surface area contributed by atoms with Crippen molar-refractivity contribution < 1.29 is 23.7 Å². The van der Waals surface area contributed by atoms with Gasteiger partial charge in [0.15, 0.2) is 23.0 Å². The zero-order valence-corrected chi connectivity index (χ0v) is 19.1. The minimum absolute atomic E-state index is 0.0544. The Morgan fingerprint density at radius 1 is 1.06 bits per heavy atom. The lowest BCUT2D eigenvalue weighted by molar-refractivity contribution is -0.117. The minimum atomic E-state index is -0.0544. The highest BCUT2D eigenvalue weighted by molar-refractivity contribution is 5.92. The lowest BCUT2D eigenvalue weighted by Crippen LogP contribution is -2.39. The molecule has 0 fully saturated rings. The van der Waals surface area contributed by atoms with E-state index in [1.54, 1.807) is 0 Å². The Bertz CT molecular complexity index is 962. The Morgan fingerprint density at radius 3 is 2.53 bits per heavy atom. The molecule has 1 N–H and O–H groups in total. The second-order valence-electron chi connectivity index (χ2n) is 8.02. The summed E-state index contributed by atoms with van der Waals surface area (Å²) in [6.45, 7) is 9.55. The third kappa shape index (κ3) is 4.93. The fourth-order valence-corrected chi connectivity index (χ4v) is 4.26. The quantitative estimate of drug-likeness (QED) is 0.696. The summed E-state index contributed by atoms with van der Waals surface area (Å²) in [4.78, 5) is 15.0. The van der Waals surface area contributed by atoms with Crippen molar-refractivity contribution in [3.8, 4) is 23.0 Å². The van der Waals surface area contributed by atoms with Crippen LogP contribution in [0.2, 0.25) is 0 Å². The second kappa shape index (κ2) is 10.1. The average Bonchev–Trinajstić information content (AvgIpc) is 3.01. The molecule has 0 bridgehead atoms. The van der Waals surface area contributed by atoms with Crippen molar-refractivity contribution >= 4 is 11.6 Å². The van der Waals surface area contributed by atoms with Gasteiger partial charge in [0.1, 0.15) is 0 Å². The van der Waals surface area contributed by atoms with E-state index in [0.717, 1.165) is 30.9 Å². The van der Waals surface area contributed by atoms with Gasteiger partial charge in [-0.2, -0.15) is 0 Å². The Kier molecular flexibility index (Phi) is 7.05. The molecule has 2 heterocycles.